The van der Waals surface area contributed by atoms with Gasteiger partial charge in [0, 0.05) is 12.3 Å². The number of ether oxygens (including phenoxy) is 1. The smallest absolute Gasteiger partial charge is 0.326 e. The predicted molar refractivity (Wildman–Crippen MR) is 101 cm³/mol. The summed E-state index contributed by atoms with van der Waals surface area (Å²) < 4.78 is 7.60. The number of nitrogens with one attached hydrogen (secondary N) is 1. The molecule has 0 saturated heterocycles. The minimum absolute atomic E-state index is 0.0240. The molecule has 0 aliphatic heterocycles. The Morgan fingerprint density at radius 2 is 1.88 bits per heavy atom. The Balaban J connectivity index is 1.39. The summed E-state index contributed by atoms with van der Waals surface area (Å²) in [6.45, 7) is 3.51. The van der Waals surface area contributed by atoms with Gasteiger partial charge in [-0.25, -0.2) is 4.79 Å². The summed E-state index contributed by atoms with van der Waals surface area (Å²) in [7, 11) is 0. The van der Waals surface area contributed by atoms with Gasteiger partial charge in [-0.05, 0) is 42.9 Å². The van der Waals surface area contributed by atoms with Gasteiger partial charge in [0.2, 0.25) is 0 Å². The monoisotopic (exact) mass is 342 g/mol. The van der Waals surface area contributed by atoms with Crippen LogP contribution < -0.4 is 10.4 Å². The van der Waals surface area contributed by atoms with Crippen LogP contribution in [-0.2, 0) is 6.54 Å². The molecule has 0 amide bonds. The molecule has 0 aliphatic rings. The number of nitrogens with zero attached hydrogens (tertiary/aromatic N) is 1. The van der Waals surface area contributed by atoms with Crippen molar-refractivity contribution in [2.24, 2.45) is 0 Å². The first kappa shape index (κ1) is 16.7. The second-order valence-corrected chi connectivity index (χ2v) is 6.90. The van der Waals surface area contributed by atoms with E-state index in [1.807, 2.05) is 58.8 Å². The quantitative estimate of drug-likeness (QED) is 0.633. The molecule has 4 nitrogen and oxygen atoms in total. The number of thioether (sulfide) groups is 1. The zero-order valence-corrected chi connectivity index (χ0v) is 14.6. The lowest BCUT2D eigenvalue weighted by atomic mass is 10.2. The highest BCUT2D eigenvalue weighted by Gasteiger charge is 2.05. The van der Waals surface area contributed by atoms with Crippen LogP contribution in [0.4, 0.5) is 0 Å². The van der Waals surface area contributed by atoms with Gasteiger partial charge < -0.3 is 9.72 Å². The van der Waals surface area contributed by atoms with E-state index in [2.05, 4.69) is 18.0 Å². The lowest BCUT2D eigenvalue weighted by Crippen LogP contribution is -2.17. The molecule has 3 rings (SSSR count). The largest absolute Gasteiger partial charge is 0.492 e. The van der Waals surface area contributed by atoms with Gasteiger partial charge >= 0.3 is 5.69 Å². The molecule has 0 radical (unpaired) electrons. The number of hydrogen-bond donors (Lipinski definition) is 1. The number of rotatable bonds is 8. The van der Waals surface area contributed by atoms with E-state index in [0.29, 0.717) is 6.61 Å². The van der Waals surface area contributed by atoms with Crippen LogP contribution in [0.25, 0.3) is 11.0 Å². The average Bonchev–Trinajstić information content (AvgIpc) is 2.91. The maximum atomic E-state index is 12.0. The molecule has 0 saturated carbocycles. The van der Waals surface area contributed by atoms with Crippen molar-refractivity contribution in [1.82, 2.24) is 9.55 Å². The number of H-pyrrole nitrogens is 1. The van der Waals surface area contributed by atoms with E-state index in [0.717, 1.165) is 41.3 Å². The third-order valence-corrected chi connectivity index (χ3v) is 4.96. The molecule has 3 aromatic rings. The Labute approximate surface area is 145 Å². The first-order valence-electron chi connectivity index (χ1n) is 8.19. The van der Waals surface area contributed by atoms with E-state index < -0.39 is 0 Å². The summed E-state index contributed by atoms with van der Waals surface area (Å²) in [4.78, 5) is 14.9. The zero-order valence-electron chi connectivity index (χ0n) is 13.8. The normalized spacial score (nSPS) is 11.0. The first-order valence-corrected chi connectivity index (χ1v) is 9.35. The molecule has 0 unspecified atom stereocenters. The molecule has 1 aromatic heterocycles. The SMILES string of the molecule is Cc1ccccc1OCCSCCCn1c(=O)[nH]c2ccccc21. The molecule has 5 heteroatoms. The van der Waals surface area contributed by atoms with Crippen LogP contribution in [0.5, 0.6) is 5.75 Å². The van der Waals surface area contributed by atoms with Crippen molar-refractivity contribution in [1.29, 1.82) is 0 Å². The average molecular weight is 342 g/mol. The number of aromatic amines is 1. The number of aromatic nitrogens is 2. The highest BCUT2D eigenvalue weighted by molar-refractivity contribution is 7.99. The van der Waals surface area contributed by atoms with Crippen LogP contribution in [0.3, 0.4) is 0 Å². The number of aryl methyl sites for hydroxylation is 2. The van der Waals surface area contributed by atoms with Crippen molar-refractivity contribution in [2.75, 3.05) is 18.1 Å². The zero-order chi connectivity index (χ0) is 16.8. The molecular weight excluding hydrogens is 320 g/mol. The predicted octanol–water partition coefficient (Wildman–Crippen LogP) is 3.84. The molecule has 0 aliphatic carbocycles. The number of imidazole rings is 1. The van der Waals surface area contributed by atoms with Crippen LogP contribution in [0, 0.1) is 6.92 Å². The van der Waals surface area contributed by atoms with Gasteiger partial charge in [-0.3, -0.25) is 4.57 Å². The Hall–Kier alpha value is -2.14. The van der Waals surface area contributed by atoms with E-state index in [1.54, 1.807) is 0 Å². The lowest BCUT2D eigenvalue weighted by Gasteiger charge is -2.08. The molecule has 1 heterocycles. The third-order valence-electron chi connectivity index (χ3n) is 3.93. The van der Waals surface area contributed by atoms with Crippen molar-refractivity contribution in [3.8, 4) is 5.75 Å². The molecule has 0 fully saturated rings. The number of para-hydroxylation sites is 3. The summed E-state index contributed by atoms with van der Waals surface area (Å²) in [5, 5.41) is 0. The van der Waals surface area contributed by atoms with Crippen LogP contribution >= 0.6 is 11.8 Å². The highest BCUT2D eigenvalue weighted by atomic mass is 32.2. The van der Waals surface area contributed by atoms with Crippen molar-refractivity contribution in [2.45, 2.75) is 19.9 Å². The van der Waals surface area contributed by atoms with Crippen LogP contribution in [0.2, 0.25) is 0 Å². The third kappa shape index (κ3) is 4.03. The fraction of sp³-hybridized carbons (Fsp3) is 0.316. The van der Waals surface area contributed by atoms with Crippen LogP contribution in [0.15, 0.2) is 53.3 Å². The van der Waals surface area contributed by atoms with Gasteiger partial charge in [-0.15, -0.1) is 0 Å². The first-order chi connectivity index (χ1) is 11.8. The van der Waals surface area contributed by atoms with E-state index in [4.69, 9.17) is 4.74 Å². The second kappa shape index (κ2) is 8.11. The van der Waals surface area contributed by atoms with Crippen molar-refractivity contribution in [3.63, 3.8) is 0 Å². The van der Waals surface area contributed by atoms with Gasteiger partial charge in [0.25, 0.3) is 0 Å². The molecule has 0 spiro atoms. The van der Waals surface area contributed by atoms with E-state index >= 15 is 0 Å². The van der Waals surface area contributed by atoms with Crippen LogP contribution in [0.1, 0.15) is 12.0 Å². The van der Waals surface area contributed by atoms with E-state index in [9.17, 15) is 4.79 Å². The Bertz CT molecular complexity index is 854. The van der Waals surface area contributed by atoms with Gasteiger partial charge in [0.15, 0.2) is 0 Å². The molecule has 2 aromatic carbocycles. The number of hydrogen-bond acceptors (Lipinski definition) is 3. The van der Waals surface area contributed by atoms with Crippen molar-refractivity contribution >= 4 is 22.8 Å². The van der Waals surface area contributed by atoms with E-state index in [-0.39, 0.29) is 5.69 Å². The lowest BCUT2D eigenvalue weighted by molar-refractivity contribution is 0.341. The second-order valence-electron chi connectivity index (χ2n) is 5.68. The number of benzene rings is 2. The van der Waals surface area contributed by atoms with E-state index in [1.165, 1.54) is 5.56 Å². The molecule has 0 bridgehead atoms. The van der Waals surface area contributed by atoms with Gasteiger partial charge in [-0.2, -0.15) is 11.8 Å². The highest BCUT2D eigenvalue weighted by Crippen LogP contribution is 2.16. The fourth-order valence-electron chi connectivity index (χ4n) is 2.68. The minimum Gasteiger partial charge on any atom is -0.492 e. The molecule has 1 N–H and O–H groups in total. The summed E-state index contributed by atoms with van der Waals surface area (Å²) >= 11 is 1.86. The maximum Gasteiger partial charge on any atom is 0.326 e. The van der Waals surface area contributed by atoms with Gasteiger partial charge in [0.05, 0.1) is 17.6 Å². The van der Waals surface area contributed by atoms with Crippen molar-refractivity contribution in [3.05, 3.63) is 64.6 Å². The Morgan fingerprint density at radius 1 is 1.08 bits per heavy atom. The van der Waals surface area contributed by atoms with Crippen LogP contribution in [-0.4, -0.2) is 27.7 Å². The summed E-state index contributed by atoms with van der Waals surface area (Å²) in [5.41, 5.74) is 3.03. The fourth-order valence-corrected chi connectivity index (χ4v) is 3.42. The van der Waals surface area contributed by atoms with Crippen molar-refractivity contribution < 1.29 is 4.74 Å². The molecular formula is C19H22N2O2S. The molecule has 126 valence electrons. The number of fused-ring (bicyclic) bond motifs is 1. The Morgan fingerprint density at radius 3 is 2.75 bits per heavy atom. The molecule has 24 heavy (non-hydrogen) atoms. The summed E-state index contributed by atoms with van der Waals surface area (Å²) in [5.74, 6) is 2.93. The summed E-state index contributed by atoms with van der Waals surface area (Å²) in [6, 6.07) is 15.9. The topological polar surface area (TPSA) is 47.0 Å². The molecule has 0 atom stereocenters. The van der Waals surface area contributed by atoms with Gasteiger partial charge in [-0.1, -0.05) is 30.3 Å². The minimum atomic E-state index is -0.0240. The standard InChI is InChI=1S/C19H22N2O2S/c1-15-7-2-5-10-18(15)23-12-14-24-13-6-11-21-17-9-4-3-8-16(17)20-19(21)22/h2-5,7-10H,6,11-14H2,1H3,(H,20,22). The maximum absolute atomic E-state index is 12.0. The Kier molecular flexibility index (Phi) is 5.64. The summed E-state index contributed by atoms with van der Waals surface area (Å²) in [6.07, 6.45) is 0.969. The van der Waals surface area contributed by atoms with Gasteiger partial charge in [0.1, 0.15) is 5.75 Å².